The van der Waals surface area contributed by atoms with Crippen LogP contribution in [0.25, 0.3) is 0 Å². The minimum absolute atomic E-state index is 0.184. The van der Waals surface area contributed by atoms with E-state index in [2.05, 4.69) is 10.5 Å². The highest BCUT2D eigenvalue weighted by Gasteiger charge is 2.21. The zero-order valence-electron chi connectivity index (χ0n) is 19.3. The van der Waals surface area contributed by atoms with Gasteiger partial charge in [-0.05, 0) is 43.7 Å². The molecule has 0 atom stereocenters. The predicted octanol–water partition coefficient (Wildman–Crippen LogP) is 4.54. The molecule has 0 unspecified atom stereocenters. The molecule has 1 N–H and O–H groups in total. The lowest BCUT2D eigenvalue weighted by Crippen LogP contribution is -2.30. The topological polar surface area (TPSA) is 92.5 Å². The third kappa shape index (κ3) is 5.85. The predicted molar refractivity (Wildman–Crippen MR) is 130 cm³/mol. The average molecular weight is 488 g/mol. The molecule has 2 aromatic carbocycles. The summed E-state index contributed by atoms with van der Waals surface area (Å²) in [5.41, 5.74) is 3.31. The van der Waals surface area contributed by atoms with Crippen LogP contribution in [-0.2, 0) is 22.3 Å². The number of carbonyl (C=O) groups is 1. The summed E-state index contributed by atoms with van der Waals surface area (Å²) in [4.78, 5) is 14.0. The van der Waals surface area contributed by atoms with E-state index in [1.54, 1.807) is 42.1 Å². The fourth-order valence-corrected chi connectivity index (χ4v) is 6.07. The van der Waals surface area contributed by atoms with Gasteiger partial charge in [0.1, 0.15) is 5.76 Å². The smallest absolute Gasteiger partial charge is 0.252 e. The van der Waals surface area contributed by atoms with Gasteiger partial charge in [0, 0.05) is 35.8 Å². The number of aryl methyl sites for hydroxylation is 2. The van der Waals surface area contributed by atoms with Gasteiger partial charge in [0.05, 0.1) is 16.2 Å². The SMILES string of the molecule is CCN(CC)S(=O)(=O)c1ccc(CNC(=O)c2ccccc2SCc2c(C)noc2C)cc1. The first-order valence-electron chi connectivity index (χ1n) is 10.8. The van der Waals surface area contributed by atoms with E-state index in [1.165, 1.54) is 4.31 Å². The summed E-state index contributed by atoms with van der Waals surface area (Å²) in [6, 6.07) is 14.1. The molecule has 0 spiro atoms. The van der Waals surface area contributed by atoms with Crippen molar-refractivity contribution in [3.05, 3.63) is 76.7 Å². The number of nitrogens with one attached hydrogen (secondary N) is 1. The first-order chi connectivity index (χ1) is 15.8. The molecule has 9 heteroatoms. The summed E-state index contributed by atoms with van der Waals surface area (Å²) in [5, 5.41) is 6.91. The summed E-state index contributed by atoms with van der Waals surface area (Å²) in [7, 11) is -3.50. The second-order valence-electron chi connectivity index (χ2n) is 7.50. The van der Waals surface area contributed by atoms with E-state index in [-0.39, 0.29) is 10.8 Å². The molecule has 0 aliphatic rings. The molecule has 1 heterocycles. The first-order valence-corrected chi connectivity index (χ1v) is 13.2. The van der Waals surface area contributed by atoms with Crippen LogP contribution >= 0.6 is 11.8 Å². The fraction of sp³-hybridized carbons (Fsp3) is 0.333. The number of hydrogen-bond donors (Lipinski definition) is 1. The minimum atomic E-state index is -3.50. The van der Waals surface area contributed by atoms with Crippen LogP contribution in [0.15, 0.2) is 62.8 Å². The fourth-order valence-electron chi connectivity index (χ4n) is 3.41. The van der Waals surface area contributed by atoms with Crippen LogP contribution < -0.4 is 5.32 Å². The van der Waals surface area contributed by atoms with Gasteiger partial charge in [-0.2, -0.15) is 4.31 Å². The maximum absolute atomic E-state index is 12.9. The van der Waals surface area contributed by atoms with Crippen LogP contribution in [-0.4, -0.2) is 36.9 Å². The standard InChI is InChI=1S/C24H29N3O4S2/c1-5-27(6-2)33(29,30)20-13-11-19(12-14-20)15-25-24(28)21-9-7-8-10-23(21)32-16-22-17(3)26-31-18(22)4/h7-14H,5-6,15-16H2,1-4H3,(H,25,28). The van der Waals surface area contributed by atoms with Crippen molar-refractivity contribution in [2.24, 2.45) is 0 Å². The number of thioether (sulfide) groups is 1. The second-order valence-corrected chi connectivity index (χ2v) is 10.5. The van der Waals surface area contributed by atoms with Gasteiger partial charge in [-0.15, -0.1) is 11.8 Å². The molecule has 0 saturated heterocycles. The molecule has 33 heavy (non-hydrogen) atoms. The zero-order valence-corrected chi connectivity index (χ0v) is 20.9. The van der Waals surface area contributed by atoms with Crippen molar-refractivity contribution in [1.82, 2.24) is 14.8 Å². The maximum atomic E-state index is 12.9. The number of carbonyl (C=O) groups excluding carboxylic acids is 1. The molecule has 3 aromatic rings. The Bertz CT molecular complexity index is 1180. The Morgan fingerprint density at radius 3 is 2.33 bits per heavy atom. The third-order valence-corrected chi connectivity index (χ3v) is 8.57. The third-order valence-electron chi connectivity index (χ3n) is 5.40. The van der Waals surface area contributed by atoms with Crippen LogP contribution in [0.5, 0.6) is 0 Å². The van der Waals surface area contributed by atoms with E-state index in [4.69, 9.17) is 4.52 Å². The van der Waals surface area contributed by atoms with Crippen LogP contribution in [0.3, 0.4) is 0 Å². The largest absolute Gasteiger partial charge is 0.361 e. The van der Waals surface area contributed by atoms with E-state index < -0.39 is 10.0 Å². The maximum Gasteiger partial charge on any atom is 0.252 e. The van der Waals surface area contributed by atoms with Gasteiger partial charge < -0.3 is 9.84 Å². The molecule has 0 aliphatic carbocycles. The molecule has 7 nitrogen and oxygen atoms in total. The number of amides is 1. The van der Waals surface area contributed by atoms with Gasteiger partial charge in [0.2, 0.25) is 10.0 Å². The average Bonchev–Trinajstić information content (AvgIpc) is 3.14. The van der Waals surface area contributed by atoms with E-state index in [1.807, 2.05) is 45.9 Å². The highest BCUT2D eigenvalue weighted by atomic mass is 32.2. The van der Waals surface area contributed by atoms with Crippen molar-refractivity contribution in [2.75, 3.05) is 13.1 Å². The Morgan fingerprint density at radius 2 is 1.73 bits per heavy atom. The molecule has 1 amide bonds. The molecular weight excluding hydrogens is 458 g/mol. The summed E-state index contributed by atoms with van der Waals surface area (Å²) < 4.78 is 31.9. The number of nitrogens with zero attached hydrogens (tertiary/aromatic N) is 2. The van der Waals surface area contributed by atoms with Crippen LogP contribution in [0.1, 0.15) is 46.8 Å². The van der Waals surface area contributed by atoms with Crippen molar-refractivity contribution in [3.8, 4) is 0 Å². The lowest BCUT2D eigenvalue weighted by Gasteiger charge is -2.18. The molecule has 0 fully saturated rings. The quantitative estimate of drug-likeness (QED) is 0.422. The van der Waals surface area contributed by atoms with Gasteiger partial charge in [0.15, 0.2) is 0 Å². The molecular formula is C24H29N3O4S2. The summed E-state index contributed by atoms with van der Waals surface area (Å²) >= 11 is 1.56. The molecule has 1 aromatic heterocycles. The van der Waals surface area contributed by atoms with E-state index in [9.17, 15) is 13.2 Å². The number of rotatable bonds is 10. The second kappa shape index (κ2) is 11.0. The van der Waals surface area contributed by atoms with Gasteiger partial charge in [-0.1, -0.05) is 43.3 Å². The van der Waals surface area contributed by atoms with Gasteiger partial charge in [-0.3, -0.25) is 4.79 Å². The van der Waals surface area contributed by atoms with Crippen molar-refractivity contribution >= 4 is 27.7 Å². The van der Waals surface area contributed by atoms with Crippen molar-refractivity contribution in [1.29, 1.82) is 0 Å². The summed E-state index contributed by atoms with van der Waals surface area (Å²) in [6.45, 7) is 8.56. The Morgan fingerprint density at radius 1 is 1.06 bits per heavy atom. The lowest BCUT2D eigenvalue weighted by atomic mass is 10.2. The van der Waals surface area contributed by atoms with Gasteiger partial charge in [0.25, 0.3) is 5.91 Å². The monoisotopic (exact) mass is 487 g/mol. The number of benzene rings is 2. The molecule has 3 rings (SSSR count). The van der Waals surface area contributed by atoms with Gasteiger partial charge >= 0.3 is 0 Å². The lowest BCUT2D eigenvalue weighted by molar-refractivity contribution is 0.0948. The first kappa shape index (κ1) is 25.0. The number of hydrogen-bond acceptors (Lipinski definition) is 6. The van der Waals surface area contributed by atoms with E-state index >= 15 is 0 Å². The Balaban J connectivity index is 1.66. The highest BCUT2D eigenvalue weighted by molar-refractivity contribution is 7.98. The Hall–Kier alpha value is -2.62. The van der Waals surface area contributed by atoms with Crippen molar-refractivity contribution in [2.45, 2.75) is 49.8 Å². The minimum Gasteiger partial charge on any atom is -0.361 e. The van der Waals surface area contributed by atoms with Crippen molar-refractivity contribution < 1.29 is 17.7 Å². The number of sulfonamides is 1. The Kier molecular flexibility index (Phi) is 8.34. The van der Waals surface area contributed by atoms with Crippen molar-refractivity contribution in [3.63, 3.8) is 0 Å². The van der Waals surface area contributed by atoms with Gasteiger partial charge in [-0.25, -0.2) is 8.42 Å². The van der Waals surface area contributed by atoms with E-state index in [0.717, 1.165) is 27.5 Å². The Labute approximate surface area is 199 Å². The van der Waals surface area contributed by atoms with Crippen LogP contribution in [0.2, 0.25) is 0 Å². The molecule has 0 aliphatic heterocycles. The zero-order chi connectivity index (χ0) is 24.0. The molecule has 0 radical (unpaired) electrons. The highest BCUT2D eigenvalue weighted by Crippen LogP contribution is 2.29. The van der Waals surface area contributed by atoms with E-state index in [0.29, 0.717) is 31.0 Å². The number of aromatic nitrogens is 1. The summed E-state index contributed by atoms with van der Waals surface area (Å²) in [6.07, 6.45) is 0. The van der Waals surface area contributed by atoms with Crippen LogP contribution in [0.4, 0.5) is 0 Å². The summed E-state index contributed by atoms with van der Waals surface area (Å²) in [5.74, 6) is 1.26. The van der Waals surface area contributed by atoms with Crippen LogP contribution in [0, 0.1) is 13.8 Å². The molecule has 176 valence electrons. The molecule has 0 saturated carbocycles. The molecule has 0 bridgehead atoms. The normalized spacial score (nSPS) is 11.7.